The molecule has 2 aromatic carbocycles. The van der Waals surface area contributed by atoms with E-state index in [1.54, 1.807) is 0 Å². The second kappa shape index (κ2) is 7.23. The fourth-order valence-electron chi connectivity index (χ4n) is 2.57. The van der Waals surface area contributed by atoms with Crippen LogP contribution in [0.3, 0.4) is 0 Å². The number of thioether (sulfide) groups is 1. The predicted molar refractivity (Wildman–Crippen MR) is 102 cm³/mol. The van der Waals surface area contributed by atoms with Gasteiger partial charge in [0.2, 0.25) is 5.16 Å². The molecule has 4 nitrogen and oxygen atoms in total. The number of H-pyrrole nitrogens is 1. The van der Waals surface area contributed by atoms with Crippen molar-refractivity contribution in [2.45, 2.75) is 38.1 Å². The minimum atomic E-state index is -0.248. The zero-order valence-electron chi connectivity index (χ0n) is 14.8. The highest BCUT2D eigenvalue weighted by Crippen LogP contribution is 2.26. The van der Waals surface area contributed by atoms with E-state index in [0.717, 1.165) is 22.3 Å². The summed E-state index contributed by atoms with van der Waals surface area (Å²) in [6.07, 6.45) is 0. The van der Waals surface area contributed by atoms with Gasteiger partial charge in [0.25, 0.3) is 0 Å². The average Bonchev–Trinajstić information content (AvgIpc) is 3.05. The Kier molecular flexibility index (Phi) is 5.04. The molecule has 1 atom stereocenters. The zero-order valence-corrected chi connectivity index (χ0v) is 15.6. The number of carbonyl (C=O) groups is 1. The largest absolute Gasteiger partial charge is 0.293 e. The first-order chi connectivity index (χ1) is 11.9. The number of hydrogen-bond donors (Lipinski definition) is 1. The van der Waals surface area contributed by atoms with E-state index in [2.05, 4.69) is 15.2 Å². The molecule has 3 rings (SSSR count). The monoisotopic (exact) mass is 351 g/mol. The summed E-state index contributed by atoms with van der Waals surface area (Å²) in [6.45, 7) is 7.91. The lowest BCUT2D eigenvalue weighted by atomic mass is 10.0. The lowest BCUT2D eigenvalue weighted by molar-refractivity contribution is 0.0993. The van der Waals surface area contributed by atoms with Gasteiger partial charge < -0.3 is 0 Å². The van der Waals surface area contributed by atoms with Crippen LogP contribution >= 0.6 is 11.8 Å². The maximum atomic E-state index is 12.7. The van der Waals surface area contributed by atoms with E-state index in [1.165, 1.54) is 17.3 Å². The Morgan fingerprint density at radius 2 is 1.72 bits per heavy atom. The Morgan fingerprint density at radius 3 is 2.44 bits per heavy atom. The van der Waals surface area contributed by atoms with Crippen LogP contribution in [0, 0.1) is 20.8 Å². The van der Waals surface area contributed by atoms with Crippen LogP contribution in [0.15, 0.2) is 47.6 Å². The summed E-state index contributed by atoms with van der Waals surface area (Å²) in [4.78, 5) is 17.3. The Labute approximate surface area is 152 Å². The minimum Gasteiger partial charge on any atom is -0.293 e. The molecule has 0 bridgehead atoms. The molecule has 0 aliphatic rings. The number of benzene rings is 2. The molecular weight excluding hydrogens is 330 g/mol. The summed E-state index contributed by atoms with van der Waals surface area (Å²) in [5.74, 6) is 0.821. The molecule has 3 aromatic rings. The van der Waals surface area contributed by atoms with Crippen LogP contribution in [0.25, 0.3) is 11.4 Å². The maximum Gasteiger partial charge on any atom is 0.209 e. The van der Waals surface area contributed by atoms with E-state index >= 15 is 0 Å². The van der Waals surface area contributed by atoms with Crippen molar-refractivity contribution >= 4 is 17.5 Å². The first-order valence-electron chi connectivity index (χ1n) is 8.21. The van der Waals surface area contributed by atoms with Gasteiger partial charge in [0.15, 0.2) is 11.6 Å². The summed E-state index contributed by atoms with van der Waals surface area (Å²) in [5, 5.41) is 7.54. The third-order valence-corrected chi connectivity index (χ3v) is 5.06. The minimum absolute atomic E-state index is 0.105. The molecule has 0 saturated heterocycles. The highest BCUT2D eigenvalue weighted by molar-refractivity contribution is 8.00. The summed E-state index contributed by atoms with van der Waals surface area (Å²) in [6, 6.07) is 14.1. The van der Waals surface area contributed by atoms with Crippen molar-refractivity contribution in [2.75, 3.05) is 0 Å². The molecule has 1 N–H and O–H groups in total. The molecule has 0 saturated carbocycles. The number of aromatic amines is 1. The van der Waals surface area contributed by atoms with Gasteiger partial charge in [0.05, 0.1) is 5.25 Å². The normalized spacial score (nSPS) is 12.2. The van der Waals surface area contributed by atoms with Crippen molar-refractivity contribution < 1.29 is 4.79 Å². The highest BCUT2D eigenvalue weighted by Gasteiger charge is 2.20. The molecule has 1 aromatic heterocycles. The van der Waals surface area contributed by atoms with Crippen LogP contribution in [-0.2, 0) is 0 Å². The molecule has 25 heavy (non-hydrogen) atoms. The fourth-order valence-corrected chi connectivity index (χ4v) is 3.36. The van der Waals surface area contributed by atoms with Crippen LogP contribution in [0.5, 0.6) is 0 Å². The highest BCUT2D eigenvalue weighted by atomic mass is 32.2. The van der Waals surface area contributed by atoms with Crippen molar-refractivity contribution in [3.8, 4) is 11.4 Å². The van der Waals surface area contributed by atoms with Gasteiger partial charge in [0, 0.05) is 11.1 Å². The number of aryl methyl sites for hydroxylation is 3. The predicted octanol–water partition coefficient (Wildman–Crippen LogP) is 4.76. The third kappa shape index (κ3) is 3.99. The number of carbonyl (C=O) groups excluding carboxylic acids is 1. The van der Waals surface area contributed by atoms with Crippen LogP contribution in [0.4, 0.5) is 0 Å². The van der Waals surface area contributed by atoms with Gasteiger partial charge in [-0.2, -0.15) is 0 Å². The lowest BCUT2D eigenvalue weighted by Crippen LogP contribution is -2.15. The standard InChI is InChI=1S/C20H21N3OS/c1-12-6-9-16(10-7-12)19-21-20(23-22-19)25-15(4)18(24)17-11-13(2)5-8-14(17)3/h5-11,15H,1-4H3,(H,21,22,23)/t15-/m1/s1. The van der Waals surface area contributed by atoms with E-state index in [0.29, 0.717) is 11.0 Å². The number of nitrogens with zero attached hydrogens (tertiary/aromatic N) is 2. The Hall–Kier alpha value is -2.40. The molecule has 0 amide bonds. The Morgan fingerprint density at radius 1 is 1.04 bits per heavy atom. The van der Waals surface area contributed by atoms with E-state index in [1.807, 2.05) is 70.2 Å². The topological polar surface area (TPSA) is 58.6 Å². The molecule has 0 aliphatic heterocycles. The van der Waals surface area contributed by atoms with Gasteiger partial charge in [-0.05, 0) is 39.3 Å². The Bertz CT molecular complexity index is 900. The number of rotatable bonds is 5. The van der Waals surface area contributed by atoms with Crippen LogP contribution < -0.4 is 0 Å². The van der Waals surface area contributed by atoms with Gasteiger partial charge in [0.1, 0.15) is 0 Å². The van der Waals surface area contributed by atoms with Gasteiger partial charge >= 0.3 is 0 Å². The summed E-state index contributed by atoms with van der Waals surface area (Å²) < 4.78 is 0. The molecule has 0 unspecified atom stereocenters. The molecule has 0 radical (unpaired) electrons. The van der Waals surface area contributed by atoms with Crippen molar-refractivity contribution in [3.63, 3.8) is 0 Å². The number of nitrogens with one attached hydrogen (secondary N) is 1. The number of hydrogen-bond acceptors (Lipinski definition) is 4. The molecule has 0 aliphatic carbocycles. The molecule has 0 spiro atoms. The molecular formula is C20H21N3OS. The van der Waals surface area contributed by atoms with Gasteiger partial charge in [-0.3, -0.25) is 9.89 Å². The number of ketones is 1. The summed E-state index contributed by atoms with van der Waals surface area (Å²) >= 11 is 1.38. The van der Waals surface area contributed by atoms with Crippen molar-refractivity contribution in [3.05, 3.63) is 64.7 Å². The third-order valence-electron chi connectivity index (χ3n) is 4.10. The summed E-state index contributed by atoms with van der Waals surface area (Å²) in [7, 11) is 0. The van der Waals surface area contributed by atoms with Crippen molar-refractivity contribution in [2.24, 2.45) is 0 Å². The average molecular weight is 351 g/mol. The van der Waals surface area contributed by atoms with Crippen LogP contribution in [-0.4, -0.2) is 26.2 Å². The van der Waals surface area contributed by atoms with Crippen LogP contribution in [0.1, 0.15) is 34.0 Å². The van der Waals surface area contributed by atoms with E-state index in [4.69, 9.17) is 0 Å². The zero-order chi connectivity index (χ0) is 18.0. The van der Waals surface area contributed by atoms with Gasteiger partial charge in [-0.1, -0.05) is 59.3 Å². The first-order valence-corrected chi connectivity index (χ1v) is 9.09. The Balaban J connectivity index is 1.75. The smallest absolute Gasteiger partial charge is 0.209 e. The lowest BCUT2D eigenvalue weighted by Gasteiger charge is -2.11. The van der Waals surface area contributed by atoms with Crippen molar-refractivity contribution in [1.82, 2.24) is 15.2 Å². The first kappa shape index (κ1) is 17.4. The number of Topliss-reactive ketones (excluding diaryl/α,β-unsaturated/α-hetero) is 1. The molecule has 128 valence electrons. The fraction of sp³-hybridized carbons (Fsp3) is 0.250. The van der Waals surface area contributed by atoms with E-state index in [-0.39, 0.29) is 11.0 Å². The maximum absolute atomic E-state index is 12.7. The molecule has 5 heteroatoms. The van der Waals surface area contributed by atoms with Gasteiger partial charge in [-0.15, -0.1) is 5.10 Å². The van der Waals surface area contributed by atoms with E-state index in [9.17, 15) is 4.79 Å². The molecule has 0 fully saturated rings. The van der Waals surface area contributed by atoms with Gasteiger partial charge in [-0.25, -0.2) is 4.98 Å². The van der Waals surface area contributed by atoms with Crippen molar-refractivity contribution in [1.29, 1.82) is 0 Å². The molecule has 1 heterocycles. The second-order valence-corrected chi connectivity index (χ2v) is 7.58. The van der Waals surface area contributed by atoms with Crippen LogP contribution in [0.2, 0.25) is 0 Å². The quantitative estimate of drug-likeness (QED) is 0.532. The second-order valence-electron chi connectivity index (χ2n) is 6.28. The van der Waals surface area contributed by atoms with E-state index < -0.39 is 0 Å². The SMILES string of the molecule is Cc1ccc(-c2nc(S[C@H](C)C(=O)c3cc(C)ccc3C)n[nH]2)cc1. The summed E-state index contributed by atoms with van der Waals surface area (Å²) in [5.41, 5.74) is 5.04. The number of aromatic nitrogens is 3.